The third kappa shape index (κ3) is 7.77. The van der Waals surface area contributed by atoms with Crippen molar-refractivity contribution in [3.8, 4) is 50.3 Å². The van der Waals surface area contributed by atoms with Gasteiger partial charge in [-0.3, -0.25) is 0 Å². The molecule has 0 spiro atoms. The van der Waals surface area contributed by atoms with Crippen molar-refractivity contribution in [3.63, 3.8) is 0 Å². The van der Waals surface area contributed by atoms with Crippen molar-refractivity contribution >= 4 is 46.4 Å². The lowest BCUT2D eigenvalue weighted by Crippen LogP contribution is -2.11. The predicted molar refractivity (Wildman–Crippen MR) is 235 cm³/mol. The molecule has 3 N–H and O–H groups in total. The minimum atomic E-state index is 0.00307. The predicted octanol–water partition coefficient (Wildman–Crippen LogP) is 10.7. The Morgan fingerprint density at radius 1 is 0.379 bits per heavy atom. The van der Waals surface area contributed by atoms with E-state index in [1.807, 2.05) is 30.3 Å². The Hall–Kier alpha value is -6.84. The van der Waals surface area contributed by atoms with Crippen molar-refractivity contribution in [2.24, 2.45) is 0 Å². The Balaban J connectivity index is 1.25. The Kier molecular flexibility index (Phi) is 10.9. The van der Waals surface area contributed by atoms with Gasteiger partial charge >= 0.3 is 0 Å². The molecule has 0 saturated carbocycles. The Bertz CT molecular complexity index is 2720. The monoisotopic (exact) mass is 762 g/mol. The first kappa shape index (κ1) is 36.8. The molecular formula is C50H42N4O4. The van der Waals surface area contributed by atoms with Crippen LogP contribution in [0.25, 0.3) is 90.9 Å². The molecule has 0 radical (unpaired) electrons. The molecule has 7 aromatic rings. The zero-order chi connectivity index (χ0) is 39.1. The van der Waals surface area contributed by atoms with Gasteiger partial charge in [-0.25, -0.2) is 9.97 Å². The summed E-state index contributed by atoms with van der Waals surface area (Å²) in [6, 6.07) is 48.0. The highest BCUT2D eigenvalue weighted by Gasteiger charge is 2.19. The molecule has 5 heterocycles. The van der Waals surface area contributed by atoms with Crippen molar-refractivity contribution < 1.29 is 19.3 Å². The molecule has 0 fully saturated rings. The van der Waals surface area contributed by atoms with Gasteiger partial charge in [0.2, 0.25) is 0 Å². The number of hydrogen-bond donors (Lipinski definition) is 3. The zero-order valence-corrected chi connectivity index (χ0v) is 31.9. The molecule has 286 valence electrons. The SMILES string of the molecule is OCCOCCOCCOc1ccc(-c2c3nc(c(-c4ccccc4)c4ccc([nH]4)c(-c4ccccc4)c4nc(c(-c5ccccc5)c5ccc2[nH]5)C=C4)C=C3)cc1. The molecule has 0 unspecified atom stereocenters. The Morgan fingerprint density at radius 2 is 0.724 bits per heavy atom. The van der Waals surface area contributed by atoms with E-state index in [2.05, 4.69) is 143 Å². The van der Waals surface area contributed by atoms with Crippen LogP contribution in [0.2, 0.25) is 0 Å². The lowest BCUT2D eigenvalue weighted by molar-refractivity contribution is 0.0247. The number of aliphatic hydroxyl groups excluding tert-OH is 1. The van der Waals surface area contributed by atoms with E-state index in [9.17, 15) is 0 Å². The normalized spacial score (nSPS) is 11.9. The van der Waals surface area contributed by atoms with E-state index < -0.39 is 0 Å². The number of H-pyrrole nitrogens is 2. The maximum atomic E-state index is 8.87. The number of aliphatic hydroxyl groups is 1. The van der Waals surface area contributed by atoms with Crippen LogP contribution < -0.4 is 4.74 Å². The van der Waals surface area contributed by atoms with Crippen LogP contribution in [-0.4, -0.2) is 64.7 Å². The number of hydrogen-bond acceptors (Lipinski definition) is 6. The Labute approximate surface area is 336 Å². The van der Waals surface area contributed by atoms with Crippen LogP contribution in [0.4, 0.5) is 0 Å². The second-order valence-corrected chi connectivity index (χ2v) is 13.9. The summed E-state index contributed by atoms with van der Waals surface area (Å²) in [6.07, 6.45) is 8.46. The number of ether oxygens (including phenoxy) is 3. The second-order valence-electron chi connectivity index (χ2n) is 13.9. The summed E-state index contributed by atoms with van der Waals surface area (Å²) in [4.78, 5) is 18.4. The van der Waals surface area contributed by atoms with Crippen molar-refractivity contribution in [1.29, 1.82) is 0 Å². The number of rotatable bonds is 13. The first-order valence-electron chi connectivity index (χ1n) is 19.6. The number of benzene rings is 4. The van der Waals surface area contributed by atoms with Gasteiger partial charge in [0.1, 0.15) is 12.4 Å². The fourth-order valence-electron chi connectivity index (χ4n) is 7.56. The van der Waals surface area contributed by atoms with Gasteiger partial charge in [0.05, 0.1) is 55.8 Å². The van der Waals surface area contributed by atoms with Crippen molar-refractivity contribution in [2.45, 2.75) is 0 Å². The van der Waals surface area contributed by atoms with Crippen LogP contribution in [0.15, 0.2) is 140 Å². The van der Waals surface area contributed by atoms with Gasteiger partial charge in [-0.05, 0) is 83.0 Å². The highest BCUT2D eigenvalue weighted by Crippen LogP contribution is 2.38. The van der Waals surface area contributed by atoms with E-state index in [1.54, 1.807) is 0 Å². The van der Waals surface area contributed by atoms with Crippen LogP contribution in [0.1, 0.15) is 22.8 Å². The minimum Gasteiger partial charge on any atom is -0.491 e. The van der Waals surface area contributed by atoms with Crippen LogP contribution in [0, 0.1) is 0 Å². The first-order chi connectivity index (χ1) is 28.7. The molecule has 0 aliphatic carbocycles. The summed E-state index contributed by atoms with van der Waals surface area (Å²) in [5.74, 6) is 0.743. The van der Waals surface area contributed by atoms with Crippen molar-refractivity contribution in [3.05, 3.63) is 162 Å². The fraction of sp³-hybridized carbons (Fsp3) is 0.120. The van der Waals surface area contributed by atoms with Crippen molar-refractivity contribution in [2.75, 3.05) is 39.6 Å². The van der Waals surface area contributed by atoms with Gasteiger partial charge in [-0.15, -0.1) is 0 Å². The first-order valence-corrected chi connectivity index (χ1v) is 19.6. The maximum Gasteiger partial charge on any atom is 0.119 e. The largest absolute Gasteiger partial charge is 0.491 e. The molecule has 4 aromatic carbocycles. The Morgan fingerprint density at radius 3 is 1.10 bits per heavy atom. The van der Waals surface area contributed by atoms with E-state index >= 15 is 0 Å². The lowest BCUT2D eigenvalue weighted by Gasteiger charge is -2.09. The highest BCUT2D eigenvalue weighted by molar-refractivity contribution is 5.99. The minimum absolute atomic E-state index is 0.00307. The fourth-order valence-corrected chi connectivity index (χ4v) is 7.56. The zero-order valence-electron chi connectivity index (χ0n) is 31.9. The van der Waals surface area contributed by atoms with E-state index in [1.165, 1.54) is 0 Å². The number of aromatic nitrogens is 4. The number of nitrogens with zero attached hydrogens (tertiary/aromatic N) is 2. The molecular weight excluding hydrogens is 721 g/mol. The summed E-state index contributed by atoms with van der Waals surface area (Å²) >= 11 is 0. The second kappa shape index (κ2) is 17.1. The molecule has 3 aromatic heterocycles. The standard InChI is InChI=1S/C50H42N4O4/c55-28-29-56-30-31-57-32-33-58-38-18-16-37(17-19-38)50-45-26-24-43(53-45)48(35-12-6-2-7-13-35)41-22-20-39(51-41)47(34-10-4-1-5-11-34)40-21-23-42(52-40)49(36-14-8-3-9-15-36)44-25-27-46(50)54-44/h1-27,51,54-55H,28-33H2. The van der Waals surface area contributed by atoms with E-state index in [4.69, 9.17) is 29.3 Å². The average molecular weight is 763 g/mol. The summed E-state index contributed by atoms with van der Waals surface area (Å²) in [5.41, 5.74) is 15.4. The van der Waals surface area contributed by atoms with Crippen LogP contribution in [0.3, 0.4) is 0 Å². The summed E-state index contributed by atoms with van der Waals surface area (Å²) < 4.78 is 16.9. The average Bonchev–Trinajstić information content (AvgIpc) is 4.12. The highest BCUT2D eigenvalue weighted by atomic mass is 16.5. The molecule has 0 atom stereocenters. The van der Waals surface area contributed by atoms with Crippen LogP contribution >= 0.6 is 0 Å². The van der Waals surface area contributed by atoms with Gasteiger partial charge in [-0.1, -0.05) is 103 Å². The molecule has 0 saturated heterocycles. The molecule has 8 bridgehead atoms. The van der Waals surface area contributed by atoms with E-state index in [0.29, 0.717) is 33.0 Å². The summed E-state index contributed by atoms with van der Waals surface area (Å²) in [5, 5.41) is 8.87. The van der Waals surface area contributed by atoms with E-state index in [0.717, 1.165) is 95.1 Å². The van der Waals surface area contributed by atoms with Gasteiger partial charge in [-0.2, -0.15) is 0 Å². The number of nitrogens with one attached hydrogen (secondary N) is 2. The molecule has 2 aliphatic rings. The third-order valence-corrected chi connectivity index (χ3v) is 10.2. The lowest BCUT2D eigenvalue weighted by atomic mass is 10.0. The van der Waals surface area contributed by atoms with Gasteiger partial charge in [0.15, 0.2) is 0 Å². The van der Waals surface area contributed by atoms with Gasteiger partial charge < -0.3 is 29.3 Å². The quantitative estimate of drug-likeness (QED) is 0.101. The third-order valence-electron chi connectivity index (χ3n) is 10.2. The van der Waals surface area contributed by atoms with Gasteiger partial charge in [0, 0.05) is 44.3 Å². The smallest absolute Gasteiger partial charge is 0.119 e. The molecule has 8 nitrogen and oxygen atoms in total. The summed E-state index contributed by atoms with van der Waals surface area (Å²) in [7, 11) is 0. The molecule has 0 amide bonds. The van der Waals surface area contributed by atoms with Crippen molar-refractivity contribution in [1.82, 2.24) is 19.9 Å². The number of aromatic amines is 2. The number of fused-ring (bicyclic) bond motifs is 8. The molecule has 9 rings (SSSR count). The van der Waals surface area contributed by atoms with Gasteiger partial charge in [0.25, 0.3) is 0 Å². The molecule has 8 heteroatoms. The van der Waals surface area contributed by atoms with E-state index in [-0.39, 0.29) is 6.61 Å². The molecule has 58 heavy (non-hydrogen) atoms. The summed E-state index contributed by atoms with van der Waals surface area (Å²) in [6.45, 7) is 2.03. The van der Waals surface area contributed by atoms with Crippen LogP contribution in [-0.2, 0) is 9.47 Å². The maximum absolute atomic E-state index is 8.87. The topological polar surface area (TPSA) is 105 Å². The molecule has 2 aliphatic heterocycles. The van der Waals surface area contributed by atoms with Crippen LogP contribution in [0.5, 0.6) is 5.75 Å².